The van der Waals surface area contributed by atoms with Crippen LogP contribution in [0.25, 0.3) is 119 Å². The van der Waals surface area contributed by atoms with Crippen molar-refractivity contribution in [3.05, 3.63) is 182 Å². The van der Waals surface area contributed by atoms with E-state index in [1.807, 2.05) is 11.3 Å². The summed E-state index contributed by atoms with van der Waals surface area (Å²) in [6.07, 6.45) is 0. The molecule has 10 aromatic carbocycles. The van der Waals surface area contributed by atoms with Crippen LogP contribution < -0.4 is 0 Å². The Balaban J connectivity index is 1.16. The smallest absolute Gasteiger partial charge is 0.136 e. The molecule has 0 bridgehead atoms. The van der Waals surface area contributed by atoms with Crippen molar-refractivity contribution in [2.75, 3.05) is 0 Å². The second-order valence-corrected chi connectivity index (χ2v) is 15.4. The second kappa shape index (κ2) is 11.4. The largest absolute Gasteiger partial charge is 0.456 e. The Morgan fingerprint density at radius 2 is 0.815 bits per heavy atom. The highest BCUT2D eigenvalue weighted by Crippen LogP contribution is 2.49. The molecule has 0 saturated heterocycles. The third-order valence-corrected chi connectivity index (χ3v) is 12.6. The summed E-state index contributed by atoms with van der Waals surface area (Å²) < 4.78 is 9.40. The topological polar surface area (TPSA) is 13.1 Å². The fourth-order valence-electron chi connectivity index (χ4n) is 9.25. The van der Waals surface area contributed by atoms with E-state index in [1.165, 1.54) is 107 Å². The van der Waals surface area contributed by atoms with Crippen LogP contribution in [0.2, 0.25) is 0 Å². The van der Waals surface area contributed by atoms with E-state index in [0.29, 0.717) is 0 Å². The molecule has 250 valence electrons. The zero-order chi connectivity index (χ0) is 35.3. The lowest BCUT2D eigenvalue weighted by molar-refractivity contribution is 0.669. The Morgan fingerprint density at radius 3 is 1.50 bits per heavy atom. The highest BCUT2D eigenvalue weighted by molar-refractivity contribution is 7.26. The van der Waals surface area contributed by atoms with Crippen LogP contribution in [0, 0.1) is 0 Å². The van der Waals surface area contributed by atoms with Gasteiger partial charge in [-0.2, -0.15) is 0 Å². The van der Waals surface area contributed by atoms with Gasteiger partial charge in [0, 0.05) is 30.9 Å². The maximum Gasteiger partial charge on any atom is 0.136 e. The summed E-state index contributed by atoms with van der Waals surface area (Å²) >= 11 is 1.85. The van der Waals surface area contributed by atoms with Crippen molar-refractivity contribution in [2.24, 2.45) is 0 Å². The molecule has 0 fully saturated rings. The standard InChI is InChI=1S/C52H30OS/c1-2-14-31(15-3-1)48-37-20-8-10-22-39(37)49(40-23-11-9-21-38(40)48)41-27-26-35(32-16-4-5-17-33(32)41)43-30-45-50(36-19-7-6-18-34(36)43)52-44(53-45)28-29-47-51(52)42-24-12-13-25-46(42)54-47/h1-30H. The van der Waals surface area contributed by atoms with Crippen molar-refractivity contribution < 1.29 is 4.42 Å². The summed E-state index contributed by atoms with van der Waals surface area (Å²) in [5.74, 6) is 0. The minimum atomic E-state index is 0.920. The lowest BCUT2D eigenvalue weighted by Crippen LogP contribution is -1.92. The summed E-state index contributed by atoms with van der Waals surface area (Å²) in [7, 11) is 0. The summed E-state index contributed by atoms with van der Waals surface area (Å²) in [6, 6.07) is 66.6. The number of fused-ring (bicyclic) bond motifs is 12. The van der Waals surface area contributed by atoms with E-state index in [1.54, 1.807) is 0 Å². The molecule has 54 heavy (non-hydrogen) atoms. The van der Waals surface area contributed by atoms with Crippen molar-refractivity contribution in [3.63, 3.8) is 0 Å². The Morgan fingerprint density at radius 1 is 0.296 bits per heavy atom. The van der Waals surface area contributed by atoms with Crippen molar-refractivity contribution >= 4 is 96.5 Å². The minimum absolute atomic E-state index is 0.920. The van der Waals surface area contributed by atoms with Gasteiger partial charge in [-0.25, -0.2) is 0 Å². The summed E-state index contributed by atoms with van der Waals surface area (Å²) in [5.41, 5.74) is 9.26. The Hall–Kier alpha value is -6.74. The molecule has 0 spiro atoms. The lowest BCUT2D eigenvalue weighted by Gasteiger charge is -2.20. The molecule has 0 atom stereocenters. The highest BCUT2D eigenvalue weighted by Gasteiger charge is 2.22. The van der Waals surface area contributed by atoms with Gasteiger partial charge < -0.3 is 4.42 Å². The van der Waals surface area contributed by atoms with Gasteiger partial charge in [0.2, 0.25) is 0 Å². The monoisotopic (exact) mass is 702 g/mol. The average molecular weight is 703 g/mol. The molecule has 0 aliphatic carbocycles. The fourth-order valence-corrected chi connectivity index (χ4v) is 10.4. The van der Waals surface area contributed by atoms with Crippen LogP contribution in [0.4, 0.5) is 0 Å². The second-order valence-electron chi connectivity index (χ2n) is 14.3. The van der Waals surface area contributed by atoms with Gasteiger partial charge in [-0.15, -0.1) is 11.3 Å². The van der Waals surface area contributed by atoms with Crippen molar-refractivity contribution in [2.45, 2.75) is 0 Å². The molecule has 0 saturated carbocycles. The van der Waals surface area contributed by atoms with Gasteiger partial charge >= 0.3 is 0 Å². The SMILES string of the molecule is c1ccc(-c2c3ccccc3c(-c3ccc(-c4cc5oc6ccc7sc8ccccc8c7c6c5c5ccccc45)c4ccccc34)c3ccccc23)cc1. The van der Waals surface area contributed by atoms with E-state index in [0.717, 1.165) is 11.2 Å². The number of thiophene rings is 1. The van der Waals surface area contributed by atoms with E-state index in [-0.39, 0.29) is 0 Å². The van der Waals surface area contributed by atoms with E-state index in [2.05, 4.69) is 182 Å². The summed E-state index contributed by atoms with van der Waals surface area (Å²) in [4.78, 5) is 0. The normalized spacial score (nSPS) is 12.1. The summed E-state index contributed by atoms with van der Waals surface area (Å²) in [5, 5.41) is 14.9. The van der Waals surface area contributed by atoms with Crippen LogP contribution in [0.5, 0.6) is 0 Å². The third kappa shape index (κ3) is 4.14. The van der Waals surface area contributed by atoms with Gasteiger partial charge in [-0.05, 0) is 101 Å². The first-order valence-electron chi connectivity index (χ1n) is 18.5. The number of benzene rings is 10. The first-order valence-corrected chi connectivity index (χ1v) is 19.3. The fraction of sp³-hybridized carbons (Fsp3) is 0. The maximum atomic E-state index is 6.80. The Kier molecular flexibility index (Phi) is 6.28. The van der Waals surface area contributed by atoms with Gasteiger partial charge in [0.25, 0.3) is 0 Å². The van der Waals surface area contributed by atoms with Crippen LogP contribution in [0.1, 0.15) is 0 Å². The zero-order valence-corrected chi connectivity index (χ0v) is 30.0. The molecule has 0 unspecified atom stereocenters. The van der Waals surface area contributed by atoms with Gasteiger partial charge in [-0.3, -0.25) is 0 Å². The lowest BCUT2D eigenvalue weighted by atomic mass is 9.83. The van der Waals surface area contributed by atoms with Gasteiger partial charge in [-0.1, -0.05) is 158 Å². The molecular formula is C52H30OS. The molecule has 0 radical (unpaired) electrons. The van der Waals surface area contributed by atoms with Crippen LogP contribution in [-0.2, 0) is 0 Å². The highest BCUT2D eigenvalue weighted by atomic mass is 32.1. The van der Waals surface area contributed by atoms with Crippen LogP contribution in [0.15, 0.2) is 186 Å². The minimum Gasteiger partial charge on any atom is -0.456 e. The molecule has 0 aliphatic heterocycles. The van der Waals surface area contributed by atoms with Crippen LogP contribution >= 0.6 is 11.3 Å². The molecule has 12 rings (SSSR count). The van der Waals surface area contributed by atoms with Gasteiger partial charge in [0.1, 0.15) is 11.2 Å². The van der Waals surface area contributed by atoms with E-state index in [9.17, 15) is 0 Å². The Labute approximate surface area is 314 Å². The number of hydrogen-bond acceptors (Lipinski definition) is 2. The molecule has 0 N–H and O–H groups in total. The number of furan rings is 1. The molecule has 12 aromatic rings. The molecule has 2 heteroatoms. The number of rotatable bonds is 3. The Bertz CT molecular complexity index is 3440. The predicted molar refractivity (Wildman–Crippen MR) is 233 cm³/mol. The summed E-state index contributed by atoms with van der Waals surface area (Å²) in [6.45, 7) is 0. The maximum absolute atomic E-state index is 6.80. The first kappa shape index (κ1) is 29.8. The molecular weight excluding hydrogens is 673 g/mol. The quantitative estimate of drug-likeness (QED) is 0.167. The molecule has 0 aliphatic rings. The van der Waals surface area contributed by atoms with Gasteiger partial charge in [0.15, 0.2) is 0 Å². The third-order valence-electron chi connectivity index (χ3n) is 11.5. The number of hydrogen-bond donors (Lipinski definition) is 0. The van der Waals surface area contributed by atoms with Crippen molar-refractivity contribution in [1.29, 1.82) is 0 Å². The first-order chi connectivity index (χ1) is 26.8. The van der Waals surface area contributed by atoms with Crippen LogP contribution in [0.3, 0.4) is 0 Å². The van der Waals surface area contributed by atoms with Gasteiger partial charge in [0.05, 0.1) is 0 Å². The predicted octanol–water partition coefficient (Wildman–Crippen LogP) is 15.6. The average Bonchev–Trinajstić information content (AvgIpc) is 3.81. The molecule has 0 amide bonds. The van der Waals surface area contributed by atoms with Crippen LogP contribution in [-0.4, -0.2) is 0 Å². The molecule has 2 heterocycles. The van der Waals surface area contributed by atoms with Crippen molar-refractivity contribution in [1.82, 2.24) is 0 Å². The van der Waals surface area contributed by atoms with E-state index < -0.39 is 0 Å². The zero-order valence-electron chi connectivity index (χ0n) is 29.1. The van der Waals surface area contributed by atoms with E-state index in [4.69, 9.17) is 4.42 Å². The molecule has 2 aromatic heterocycles. The van der Waals surface area contributed by atoms with E-state index >= 15 is 0 Å². The molecule has 1 nitrogen and oxygen atoms in total. The van der Waals surface area contributed by atoms with Crippen molar-refractivity contribution in [3.8, 4) is 33.4 Å².